The molecular weight excluding hydrogens is 422 g/mol. The highest BCUT2D eigenvalue weighted by molar-refractivity contribution is 9.10. The Balaban J connectivity index is 2.08. The molecule has 2 aromatic carbocycles. The standard InChI is InChI=1S/C21H22BrN3O3/c1-25(2)13-6-7-14-15(16(11-23)21(24)28-18(14)10-13)9-12-5-8-17(26-3)20(27-4)19(12)22/h5-8,10,15H,9,24H2,1-4H3. The zero-order chi connectivity index (χ0) is 20.4. The van der Waals surface area contributed by atoms with Crippen molar-refractivity contribution in [3.63, 3.8) is 0 Å². The van der Waals surface area contributed by atoms with Crippen LogP contribution in [0.2, 0.25) is 0 Å². The molecule has 7 heteroatoms. The van der Waals surface area contributed by atoms with Crippen LogP contribution >= 0.6 is 15.9 Å². The summed E-state index contributed by atoms with van der Waals surface area (Å²) in [6, 6.07) is 12.0. The molecule has 0 spiro atoms. The van der Waals surface area contributed by atoms with E-state index in [-0.39, 0.29) is 11.8 Å². The molecule has 0 aromatic heterocycles. The third kappa shape index (κ3) is 3.48. The first-order valence-electron chi connectivity index (χ1n) is 8.69. The van der Waals surface area contributed by atoms with E-state index in [0.717, 1.165) is 21.3 Å². The second kappa shape index (κ2) is 8.03. The number of ether oxygens (including phenoxy) is 3. The van der Waals surface area contributed by atoms with Crippen molar-refractivity contribution in [2.24, 2.45) is 5.73 Å². The predicted octanol–water partition coefficient (Wildman–Crippen LogP) is 3.94. The lowest BCUT2D eigenvalue weighted by atomic mass is 9.84. The summed E-state index contributed by atoms with van der Waals surface area (Å²) >= 11 is 3.61. The lowest BCUT2D eigenvalue weighted by Crippen LogP contribution is -2.22. The summed E-state index contributed by atoms with van der Waals surface area (Å²) in [5.74, 6) is 1.85. The summed E-state index contributed by atoms with van der Waals surface area (Å²) < 4.78 is 17.4. The number of benzene rings is 2. The van der Waals surface area contributed by atoms with Gasteiger partial charge in [-0.3, -0.25) is 0 Å². The molecule has 1 heterocycles. The van der Waals surface area contributed by atoms with E-state index < -0.39 is 0 Å². The maximum Gasteiger partial charge on any atom is 0.205 e. The zero-order valence-corrected chi connectivity index (χ0v) is 17.8. The van der Waals surface area contributed by atoms with E-state index in [9.17, 15) is 5.26 Å². The molecule has 3 rings (SSSR count). The van der Waals surface area contributed by atoms with Gasteiger partial charge in [0.05, 0.1) is 24.3 Å². The molecule has 28 heavy (non-hydrogen) atoms. The van der Waals surface area contributed by atoms with Crippen molar-refractivity contribution in [3.05, 3.63) is 57.4 Å². The van der Waals surface area contributed by atoms with Gasteiger partial charge in [-0.2, -0.15) is 5.26 Å². The highest BCUT2D eigenvalue weighted by Crippen LogP contribution is 2.44. The Kier molecular flexibility index (Phi) is 5.71. The molecule has 0 saturated carbocycles. The molecule has 6 nitrogen and oxygen atoms in total. The van der Waals surface area contributed by atoms with Crippen LogP contribution in [0.15, 0.2) is 46.3 Å². The average molecular weight is 444 g/mol. The first-order valence-corrected chi connectivity index (χ1v) is 9.48. The Morgan fingerprint density at radius 2 is 1.96 bits per heavy atom. The van der Waals surface area contributed by atoms with Crippen LogP contribution in [0.3, 0.4) is 0 Å². The number of rotatable bonds is 5. The fraction of sp³-hybridized carbons (Fsp3) is 0.286. The Labute approximate surface area is 173 Å². The number of halogens is 1. The Morgan fingerprint density at radius 1 is 1.21 bits per heavy atom. The predicted molar refractivity (Wildman–Crippen MR) is 112 cm³/mol. The SMILES string of the molecule is COc1ccc(CC2C(C#N)=C(N)Oc3cc(N(C)C)ccc32)c(Br)c1OC. The minimum Gasteiger partial charge on any atom is -0.493 e. The minimum atomic E-state index is -0.223. The lowest BCUT2D eigenvalue weighted by Gasteiger charge is -2.28. The summed E-state index contributed by atoms with van der Waals surface area (Å²) in [4.78, 5) is 1.99. The van der Waals surface area contributed by atoms with E-state index in [1.165, 1.54) is 0 Å². The summed E-state index contributed by atoms with van der Waals surface area (Å²) in [5, 5.41) is 9.70. The fourth-order valence-corrected chi connectivity index (χ4v) is 3.98. The summed E-state index contributed by atoms with van der Waals surface area (Å²) in [6.45, 7) is 0. The molecule has 0 saturated heterocycles. The van der Waals surface area contributed by atoms with E-state index in [0.29, 0.717) is 29.2 Å². The largest absolute Gasteiger partial charge is 0.493 e. The van der Waals surface area contributed by atoms with Crippen molar-refractivity contribution in [1.29, 1.82) is 5.26 Å². The minimum absolute atomic E-state index is 0.146. The number of nitriles is 1. The number of hydrogen-bond acceptors (Lipinski definition) is 6. The number of anilines is 1. The Bertz CT molecular complexity index is 980. The van der Waals surface area contributed by atoms with E-state index in [4.69, 9.17) is 19.9 Å². The van der Waals surface area contributed by atoms with Gasteiger partial charge in [-0.15, -0.1) is 0 Å². The first kappa shape index (κ1) is 19.9. The van der Waals surface area contributed by atoms with Gasteiger partial charge in [0.15, 0.2) is 11.5 Å². The third-order valence-electron chi connectivity index (χ3n) is 4.83. The van der Waals surface area contributed by atoms with E-state index in [2.05, 4.69) is 22.0 Å². The summed E-state index contributed by atoms with van der Waals surface area (Å²) in [5.41, 5.74) is 9.41. The molecular formula is C21H22BrN3O3. The van der Waals surface area contributed by atoms with Gasteiger partial charge < -0.3 is 24.8 Å². The van der Waals surface area contributed by atoms with Crippen molar-refractivity contribution >= 4 is 21.6 Å². The number of nitrogens with zero attached hydrogens (tertiary/aromatic N) is 2. The van der Waals surface area contributed by atoms with Crippen LogP contribution in [-0.2, 0) is 6.42 Å². The molecule has 0 bridgehead atoms. The molecule has 1 atom stereocenters. The number of methoxy groups -OCH3 is 2. The van der Waals surface area contributed by atoms with Crippen molar-refractivity contribution in [3.8, 4) is 23.3 Å². The lowest BCUT2D eigenvalue weighted by molar-refractivity contribution is 0.352. The Morgan fingerprint density at radius 3 is 2.57 bits per heavy atom. The van der Waals surface area contributed by atoms with Gasteiger partial charge in [0, 0.05) is 37.3 Å². The second-order valence-electron chi connectivity index (χ2n) is 6.64. The van der Waals surface area contributed by atoms with Crippen molar-refractivity contribution in [2.45, 2.75) is 12.3 Å². The van der Waals surface area contributed by atoms with Crippen LogP contribution in [0.5, 0.6) is 17.2 Å². The van der Waals surface area contributed by atoms with Crippen molar-refractivity contribution < 1.29 is 14.2 Å². The molecule has 0 radical (unpaired) electrons. The highest BCUT2D eigenvalue weighted by Gasteiger charge is 2.30. The van der Waals surface area contributed by atoms with Crippen LogP contribution in [-0.4, -0.2) is 28.3 Å². The van der Waals surface area contributed by atoms with Crippen LogP contribution in [0.25, 0.3) is 0 Å². The quantitative estimate of drug-likeness (QED) is 0.753. The topological polar surface area (TPSA) is 80.7 Å². The third-order valence-corrected chi connectivity index (χ3v) is 5.70. The molecule has 0 aliphatic carbocycles. The van der Waals surface area contributed by atoms with E-state index >= 15 is 0 Å². The van der Waals surface area contributed by atoms with E-state index in [1.54, 1.807) is 14.2 Å². The number of allylic oxidation sites excluding steroid dienone is 1. The maximum atomic E-state index is 9.70. The molecule has 146 valence electrons. The molecule has 0 amide bonds. The zero-order valence-electron chi connectivity index (χ0n) is 16.2. The maximum absolute atomic E-state index is 9.70. The van der Waals surface area contributed by atoms with Gasteiger partial charge in [0.2, 0.25) is 5.88 Å². The highest BCUT2D eigenvalue weighted by atomic mass is 79.9. The van der Waals surface area contributed by atoms with E-state index in [1.807, 2.05) is 49.3 Å². The molecule has 2 aromatic rings. The first-order chi connectivity index (χ1) is 13.4. The van der Waals surface area contributed by atoms with Crippen LogP contribution < -0.4 is 24.8 Å². The van der Waals surface area contributed by atoms with Crippen LogP contribution in [0, 0.1) is 11.3 Å². The number of fused-ring (bicyclic) bond motifs is 1. The smallest absolute Gasteiger partial charge is 0.205 e. The fourth-order valence-electron chi connectivity index (χ4n) is 3.33. The number of nitrogens with two attached hydrogens (primary N) is 1. The molecule has 1 unspecified atom stereocenters. The molecule has 2 N–H and O–H groups in total. The summed E-state index contributed by atoms with van der Waals surface area (Å²) in [7, 11) is 7.11. The van der Waals surface area contributed by atoms with Crippen molar-refractivity contribution in [2.75, 3.05) is 33.2 Å². The van der Waals surface area contributed by atoms with Crippen LogP contribution in [0.1, 0.15) is 17.0 Å². The Hall–Kier alpha value is -2.85. The van der Waals surface area contributed by atoms with Gasteiger partial charge in [-0.05, 0) is 40.0 Å². The van der Waals surface area contributed by atoms with Crippen LogP contribution in [0.4, 0.5) is 5.69 Å². The second-order valence-corrected chi connectivity index (χ2v) is 7.43. The average Bonchev–Trinajstić information content (AvgIpc) is 2.68. The molecule has 1 aliphatic rings. The molecule has 1 aliphatic heterocycles. The number of hydrogen-bond donors (Lipinski definition) is 1. The summed E-state index contributed by atoms with van der Waals surface area (Å²) in [6.07, 6.45) is 0.558. The van der Waals surface area contributed by atoms with Gasteiger partial charge in [0.25, 0.3) is 0 Å². The monoisotopic (exact) mass is 443 g/mol. The molecule has 0 fully saturated rings. The van der Waals surface area contributed by atoms with Gasteiger partial charge in [0.1, 0.15) is 11.8 Å². The van der Waals surface area contributed by atoms with Gasteiger partial charge >= 0.3 is 0 Å². The van der Waals surface area contributed by atoms with Gasteiger partial charge in [-0.25, -0.2) is 0 Å². The normalized spacial score (nSPS) is 15.4. The van der Waals surface area contributed by atoms with Crippen molar-refractivity contribution in [1.82, 2.24) is 0 Å². The van der Waals surface area contributed by atoms with Gasteiger partial charge in [-0.1, -0.05) is 12.1 Å².